The van der Waals surface area contributed by atoms with Crippen LogP contribution in [-0.2, 0) is 6.54 Å². The molecule has 20 heavy (non-hydrogen) atoms. The number of urea groups is 1. The summed E-state index contributed by atoms with van der Waals surface area (Å²) in [6, 6.07) is 2.80. The lowest BCUT2D eigenvalue weighted by Gasteiger charge is -2.61. The van der Waals surface area contributed by atoms with Crippen LogP contribution in [0, 0.1) is 5.92 Å². The van der Waals surface area contributed by atoms with E-state index in [4.69, 9.17) is 0 Å². The van der Waals surface area contributed by atoms with Crippen molar-refractivity contribution in [2.24, 2.45) is 5.92 Å². The fourth-order valence-corrected chi connectivity index (χ4v) is 2.81. The highest BCUT2D eigenvalue weighted by atomic mass is 19.3. The minimum atomic E-state index is -2.90. The predicted octanol–water partition coefficient (Wildman–Crippen LogP) is 2.03. The fraction of sp³-hybridized carbons (Fsp3) is 0.538. The quantitative estimate of drug-likeness (QED) is 0.869. The topological polar surface area (TPSA) is 63.2 Å². The SMILES string of the molecule is O=C(NCc1ccnc(OC(F)F)c1)NC12CC(C1)C2. The van der Waals surface area contributed by atoms with Gasteiger partial charge in [-0.15, -0.1) is 0 Å². The monoisotopic (exact) mass is 283 g/mol. The number of carbonyl (C=O) groups is 1. The Morgan fingerprint density at radius 1 is 1.50 bits per heavy atom. The molecule has 2 bridgehead atoms. The van der Waals surface area contributed by atoms with Gasteiger partial charge in [-0.25, -0.2) is 9.78 Å². The minimum Gasteiger partial charge on any atom is -0.417 e. The van der Waals surface area contributed by atoms with Crippen molar-refractivity contribution >= 4 is 6.03 Å². The van der Waals surface area contributed by atoms with Crippen LogP contribution in [0.1, 0.15) is 24.8 Å². The minimum absolute atomic E-state index is 0.0247. The first-order chi connectivity index (χ1) is 9.55. The van der Waals surface area contributed by atoms with Crippen molar-refractivity contribution in [2.45, 2.75) is 38.0 Å². The van der Waals surface area contributed by atoms with E-state index >= 15 is 0 Å². The second kappa shape index (κ2) is 4.88. The zero-order valence-corrected chi connectivity index (χ0v) is 10.7. The van der Waals surface area contributed by atoms with E-state index in [0.717, 1.165) is 25.2 Å². The molecule has 0 aliphatic heterocycles. The third kappa shape index (κ3) is 2.66. The van der Waals surface area contributed by atoms with Crippen LogP contribution in [0.25, 0.3) is 0 Å². The molecule has 3 aliphatic rings. The molecule has 1 aromatic rings. The fourth-order valence-electron chi connectivity index (χ4n) is 2.81. The smallest absolute Gasteiger partial charge is 0.388 e. The van der Waals surface area contributed by atoms with Crippen LogP contribution >= 0.6 is 0 Å². The Morgan fingerprint density at radius 3 is 2.85 bits per heavy atom. The summed E-state index contributed by atoms with van der Waals surface area (Å²) in [6.45, 7) is -2.66. The first kappa shape index (κ1) is 13.1. The largest absolute Gasteiger partial charge is 0.417 e. The van der Waals surface area contributed by atoms with Gasteiger partial charge in [0, 0.05) is 24.3 Å². The summed E-state index contributed by atoms with van der Waals surface area (Å²) in [6.07, 6.45) is 4.58. The Hall–Kier alpha value is -1.92. The van der Waals surface area contributed by atoms with E-state index in [1.54, 1.807) is 6.07 Å². The number of rotatable bonds is 5. The molecule has 0 aromatic carbocycles. The summed E-state index contributed by atoms with van der Waals surface area (Å²) in [5, 5.41) is 5.67. The van der Waals surface area contributed by atoms with Crippen LogP contribution in [0.4, 0.5) is 13.6 Å². The first-order valence-electron chi connectivity index (χ1n) is 6.50. The number of pyridine rings is 1. The number of hydrogen-bond acceptors (Lipinski definition) is 3. The van der Waals surface area contributed by atoms with Crippen LogP contribution in [0.15, 0.2) is 18.3 Å². The van der Waals surface area contributed by atoms with Crippen molar-refractivity contribution in [2.75, 3.05) is 0 Å². The molecule has 3 saturated carbocycles. The molecule has 0 radical (unpaired) electrons. The molecule has 7 heteroatoms. The van der Waals surface area contributed by atoms with Crippen molar-refractivity contribution in [3.05, 3.63) is 23.9 Å². The standard InChI is InChI=1S/C13H15F2N3O2/c14-11(15)20-10-3-8(1-2-16-10)7-17-12(19)18-13-4-9(5-13)6-13/h1-3,9,11H,4-7H2,(H2,17,18,19). The summed E-state index contributed by atoms with van der Waals surface area (Å²) in [5.41, 5.74) is 0.681. The number of aromatic nitrogens is 1. The molecule has 3 aliphatic carbocycles. The van der Waals surface area contributed by atoms with E-state index in [-0.39, 0.29) is 24.0 Å². The lowest BCUT2D eigenvalue weighted by Crippen LogP contribution is -2.69. The van der Waals surface area contributed by atoms with Gasteiger partial charge in [0.05, 0.1) is 0 Å². The molecule has 2 N–H and O–H groups in total. The lowest BCUT2D eigenvalue weighted by molar-refractivity contribution is -0.0529. The Labute approximate surface area is 114 Å². The van der Waals surface area contributed by atoms with Gasteiger partial charge in [0.15, 0.2) is 0 Å². The summed E-state index contributed by atoms with van der Waals surface area (Å²) >= 11 is 0. The molecular formula is C13H15F2N3O2. The van der Waals surface area contributed by atoms with Gasteiger partial charge < -0.3 is 15.4 Å². The van der Waals surface area contributed by atoms with Crippen LogP contribution in [0.3, 0.4) is 0 Å². The van der Waals surface area contributed by atoms with Crippen molar-refractivity contribution in [1.82, 2.24) is 15.6 Å². The summed E-state index contributed by atoms with van der Waals surface area (Å²) in [7, 11) is 0. The van der Waals surface area contributed by atoms with Crippen LogP contribution in [-0.4, -0.2) is 23.2 Å². The normalized spacial score (nSPS) is 26.4. The average Bonchev–Trinajstić information content (AvgIpc) is 2.29. The second-order valence-electron chi connectivity index (χ2n) is 5.45. The Morgan fingerprint density at radius 2 is 2.25 bits per heavy atom. The highest BCUT2D eigenvalue weighted by Gasteiger charge is 2.57. The van der Waals surface area contributed by atoms with Gasteiger partial charge in [-0.05, 0) is 36.8 Å². The van der Waals surface area contributed by atoms with Gasteiger partial charge in [0.25, 0.3) is 0 Å². The van der Waals surface area contributed by atoms with Crippen LogP contribution < -0.4 is 15.4 Å². The third-order valence-corrected chi connectivity index (χ3v) is 3.88. The molecule has 1 heterocycles. The van der Waals surface area contributed by atoms with Gasteiger partial charge >= 0.3 is 12.6 Å². The predicted molar refractivity (Wildman–Crippen MR) is 66.3 cm³/mol. The first-order valence-corrected chi connectivity index (χ1v) is 6.50. The van der Waals surface area contributed by atoms with Gasteiger partial charge in [0.2, 0.25) is 5.88 Å². The van der Waals surface area contributed by atoms with Gasteiger partial charge in [-0.3, -0.25) is 0 Å². The molecule has 0 saturated heterocycles. The molecule has 2 amide bonds. The summed E-state index contributed by atoms with van der Waals surface area (Å²) in [5.74, 6) is 0.642. The van der Waals surface area contributed by atoms with E-state index in [1.165, 1.54) is 12.3 Å². The highest BCUT2D eigenvalue weighted by Crippen LogP contribution is 2.56. The second-order valence-corrected chi connectivity index (χ2v) is 5.45. The Kier molecular flexibility index (Phi) is 3.19. The van der Waals surface area contributed by atoms with Crippen molar-refractivity contribution in [3.63, 3.8) is 0 Å². The molecule has 0 unspecified atom stereocenters. The van der Waals surface area contributed by atoms with E-state index in [0.29, 0.717) is 5.56 Å². The zero-order chi connectivity index (χ0) is 14.2. The lowest BCUT2D eigenvalue weighted by atomic mass is 9.50. The maximum atomic E-state index is 12.1. The van der Waals surface area contributed by atoms with Gasteiger partial charge in [-0.1, -0.05) is 0 Å². The summed E-state index contributed by atoms with van der Waals surface area (Å²) in [4.78, 5) is 15.4. The van der Waals surface area contributed by atoms with Gasteiger partial charge in [-0.2, -0.15) is 8.78 Å². The molecule has 0 spiro atoms. The number of hydrogen-bond donors (Lipinski definition) is 2. The summed E-state index contributed by atoms with van der Waals surface area (Å²) < 4.78 is 28.3. The van der Waals surface area contributed by atoms with E-state index < -0.39 is 6.61 Å². The highest BCUT2D eigenvalue weighted by molar-refractivity contribution is 5.75. The Balaban J connectivity index is 1.48. The van der Waals surface area contributed by atoms with Crippen molar-refractivity contribution in [3.8, 4) is 5.88 Å². The number of halogens is 2. The number of alkyl halides is 2. The molecule has 4 rings (SSSR count). The van der Waals surface area contributed by atoms with Crippen molar-refractivity contribution < 1.29 is 18.3 Å². The number of nitrogens with zero attached hydrogens (tertiary/aromatic N) is 1. The number of nitrogens with one attached hydrogen (secondary N) is 2. The maximum absolute atomic E-state index is 12.1. The maximum Gasteiger partial charge on any atom is 0.388 e. The third-order valence-electron chi connectivity index (χ3n) is 3.88. The number of amides is 2. The van der Waals surface area contributed by atoms with E-state index in [2.05, 4.69) is 20.4 Å². The van der Waals surface area contributed by atoms with E-state index in [1.807, 2.05) is 0 Å². The number of ether oxygens (including phenoxy) is 1. The zero-order valence-electron chi connectivity index (χ0n) is 10.7. The molecule has 3 fully saturated rings. The Bertz CT molecular complexity index is 507. The average molecular weight is 283 g/mol. The van der Waals surface area contributed by atoms with Crippen molar-refractivity contribution in [1.29, 1.82) is 0 Å². The van der Waals surface area contributed by atoms with E-state index in [9.17, 15) is 13.6 Å². The van der Waals surface area contributed by atoms with Crippen LogP contribution in [0.2, 0.25) is 0 Å². The molecular weight excluding hydrogens is 268 g/mol. The molecule has 1 aromatic heterocycles. The van der Waals surface area contributed by atoms with Crippen LogP contribution in [0.5, 0.6) is 5.88 Å². The van der Waals surface area contributed by atoms with Gasteiger partial charge in [0.1, 0.15) is 0 Å². The number of carbonyl (C=O) groups excluding carboxylic acids is 1. The molecule has 0 atom stereocenters. The molecule has 108 valence electrons. The molecule has 5 nitrogen and oxygen atoms in total.